The molecule has 6 nitrogen and oxygen atoms in total. The van der Waals surface area contributed by atoms with Gasteiger partial charge in [-0.1, -0.05) is 0 Å². The van der Waals surface area contributed by atoms with Crippen LogP contribution in [0, 0.1) is 0 Å². The first-order valence-electron chi connectivity index (χ1n) is 7.19. The number of rotatable bonds is 7. The predicted molar refractivity (Wildman–Crippen MR) is 78.9 cm³/mol. The van der Waals surface area contributed by atoms with Crippen molar-refractivity contribution in [3.05, 3.63) is 30.4 Å². The van der Waals surface area contributed by atoms with Crippen molar-refractivity contribution >= 4 is 11.6 Å². The van der Waals surface area contributed by atoms with E-state index in [2.05, 4.69) is 32.6 Å². The molecule has 0 spiro atoms. The Bertz CT molecular complexity index is 547. The molecule has 3 rings (SSSR count). The lowest BCUT2D eigenvalue weighted by Crippen LogP contribution is -2.13. The van der Waals surface area contributed by atoms with Crippen molar-refractivity contribution in [2.45, 2.75) is 32.2 Å². The van der Waals surface area contributed by atoms with E-state index in [0.29, 0.717) is 5.92 Å². The average Bonchev–Trinajstić information content (AvgIpc) is 3.17. The summed E-state index contributed by atoms with van der Waals surface area (Å²) in [5.41, 5.74) is 0. The molecule has 0 atom stereocenters. The van der Waals surface area contributed by atoms with Crippen molar-refractivity contribution in [1.29, 1.82) is 0 Å². The van der Waals surface area contributed by atoms with E-state index in [1.54, 1.807) is 6.20 Å². The Hall–Kier alpha value is -2.11. The van der Waals surface area contributed by atoms with E-state index in [4.69, 9.17) is 0 Å². The Morgan fingerprint density at radius 3 is 2.70 bits per heavy atom. The minimum atomic E-state index is 0.556. The molecule has 6 heteroatoms. The molecule has 1 aliphatic carbocycles. The van der Waals surface area contributed by atoms with Crippen molar-refractivity contribution in [3.63, 3.8) is 0 Å². The number of aromatic nitrogens is 4. The van der Waals surface area contributed by atoms with Crippen LogP contribution in [0.3, 0.4) is 0 Å². The zero-order valence-corrected chi connectivity index (χ0v) is 11.7. The van der Waals surface area contributed by atoms with Crippen LogP contribution in [0.1, 0.15) is 31.5 Å². The minimum Gasteiger partial charge on any atom is -0.370 e. The van der Waals surface area contributed by atoms with E-state index in [1.807, 2.05) is 23.0 Å². The number of hydrogen-bond donors (Lipinski definition) is 2. The van der Waals surface area contributed by atoms with Gasteiger partial charge in [-0.3, -0.25) is 4.68 Å². The van der Waals surface area contributed by atoms with Gasteiger partial charge in [-0.2, -0.15) is 5.10 Å². The highest BCUT2D eigenvalue weighted by Crippen LogP contribution is 2.38. The highest BCUT2D eigenvalue weighted by atomic mass is 15.3. The van der Waals surface area contributed by atoms with E-state index < -0.39 is 0 Å². The molecule has 2 N–H and O–H groups in total. The Morgan fingerprint density at radius 2 is 2.05 bits per heavy atom. The summed E-state index contributed by atoms with van der Waals surface area (Å²) in [4.78, 5) is 9.17. The number of hydrogen-bond acceptors (Lipinski definition) is 5. The molecule has 1 fully saturated rings. The molecule has 20 heavy (non-hydrogen) atoms. The van der Waals surface area contributed by atoms with Gasteiger partial charge in [0.25, 0.3) is 0 Å². The largest absolute Gasteiger partial charge is 0.370 e. The SMILES string of the molecule is CCNc1cc(NCCn2cccn2)nc(C2CC2)n1. The standard InChI is InChI=1S/C14H20N6/c1-2-15-12-10-13(19-14(18-12)11-4-5-11)16-7-9-20-8-3-6-17-20/h3,6,8,10-11H,2,4-5,7,9H2,1H3,(H2,15,16,18,19). The van der Waals surface area contributed by atoms with Crippen molar-refractivity contribution in [2.24, 2.45) is 0 Å². The van der Waals surface area contributed by atoms with Crippen molar-refractivity contribution in [2.75, 3.05) is 23.7 Å². The van der Waals surface area contributed by atoms with Crippen molar-refractivity contribution in [1.82, 2.24) is 19.7 Å². The second-order valence-electron chi connectivity index (χ2n) is 5.00. The third-order valence-corrected chi connectivity index (χ3v) is 3.25. The first-order valence-corrected chi connectivity index (χ1v) is 7.19. The normalized spacial score (nSPS) is 14.2. The van der Waals surface area contributed by atoms with E-state index in [0.717, 1.165) is 37.1 Å². The highest BCUT2D eigenvalue weighted by molar-refractivity contribution is 5.48. The molecule has 2 heterocycles. The van der Waals surface area contributed by atoms with Gasteiger partial charge in [-0.05, 0) is 25.8 Å². The van der Waals surface area contributed by atoms with Gasteiger partial charge in [0.1, 0.15) is 17.5 Å². The molecule has 1 saturated carbocycles. The fourth-order valence-electron chi connectivity index (χ4n) is 2.08. The minimum absolute atomic E-state index is 0.556. The lowest BCUT2D eigenvalue weighted by atomic mass is 10.3. The summed E-state index contributed by atoms with van der Waals surface area (Å²) in [6.45, 7) is 4.57. The average molecular weight is 272 g/mol. The number of nitrogens with one attached hydrogen (secondary N) is 2. The second kappa shape index (κ2) is 5.90. The molecule has 0 bridgehead atoms. The van der Waals surface area contributed by atoms with E-state index in [-0.39, 0.29) is 0 Å². The molecule has 0 unspecified atom stereocenters. The third-order valence-electron chi connectivity index (χ3n) is 3.25. The van der Waals surface area contributed by atoms with Crippen LogP contribution in [-0.2, 0) is 6.54 Å². The molecular formula is C14H20N6. The van der Waals surface area contributed by atoms with Gasteiger partial charge >= 0.3 is 0 Å². The quantitative estimate of drug-likeness (QED) is 0.808. The zero-order valence-electron chi connectivity index (χ0n) is 11.7. The smallest absolute Gasteiger partial charge is 0.136 e. The van der Waals surface area contributed by atoms with E-state index in [9.17, 15) is 0 Å². The summed E-state index contributed by atoms with van der Waals surface area (Å²) < 4.78 is 1.90. The molecule has 106 valence electrons. The maximum absolute atomic E-state index is 4.60. The second-order valence-corrected chi connectivity index (χ2v) is 5.00. The van der Waals surface area contributed by atoms with Crippen LogP contribution in [-0.4, -0.2) is 32.8 Å². The topological polar surface area (TPSA) is 67.7 Å². The van der Waals surface area contributed by atoms with Crippen LogP contribution in [0.2, 0.25) is 0 Å². The number of anilines is 2. The van der Waals surface area contributed by atoms with Gasteiger partial charge in [0.15, 0.2) is 0 Å². The fraction of sp³-hybridized carbons (Fsp3) is 0.500. The van der Waals surface area contributed by atoms with Gasteiger partial charge in [0.2, 0.25) is 0 Å². The first-order chi connectivity index (χ1) is 9.85. The lowest BCUT2D eigenvalue weighted by Gasteiger charge is -2.10. The summed E-state index contributed by atoms with van der Waals surface area (Å²) in [6, 6.07) is 3.90. The fourth-order valence-corrected chi connectivity index (χ4v) is 2.08. The molecular weight excluding hydrogens is 252 g/mol. The maximum Gasteiger partial charge on any atom is 0.136 e. The van der Waals surface area contributed by atoms with Crippen LogP contribution < -0.4 is 10.6 Å². The lowest BCUT2D eigenvalue weighted by molar-refractivity contribution is 0.636. The highest BCUT2D eigenvalue weighted by Gasteiger charge is 2.27. The van der Waals surface area contributed by atoms with Crippen LogP contribution in [0.5, 0.6) is 0 Å². The first kappa shape index (κ1) is 12.9. The summed E-state index contributed by atoms with van der Waals surface area (Å²) in [5.74, 6) is 3.32. The Kier molecular flexibility index (Phi) is 3.80. The Morgan fingerprint density at radius 1 is 1.25 bits per heavy atom. The number of nitrogens with zero attached hydrogens (tertiary/aromatic N) is 4. The van der Waals surface area contributed by atoms with Gasteiger partial charge in [0.05, 0.1) is 6.54 Å². The van der Waals surface area contributed by atoms with Crippen LogP contribution in [0.4, 0.5) is 11.6 Å². The molecule has 0 saturated heterocycles. The van der Waals surface area contributed by atoms with E-state index >= 15 is 0 Å². The van der Waals surface area contributed by atoms with Crippen molar-refractivity contribution in [3.8, 4) is 0 Å². The van der Waals surface area contributed by atoms with Crippen LogP contribution in [0.25, 0.3) is 0 Å². The molecule has 0 radical (unpaired) electrons. The van der Waals surface area contributed by atoms with Crippen molar-refractivity contribution < 1.29 is 0 Å². The van der Waals surface area contributed by atoms with Crippen LogP contribution in [0.15, 0.2) is 24.5 Å². The Labute approximate surface area is 118 Å². The summed E-state index contributed by atoms with van der Waals surface area (Å²) >= 11 is 0. The van der Waals surface area contributed by atoms with E-state index in [1.165, 1.54) is 12.8 Å². The molecule has 1 aliphatic rings. The molecule has 2 aromatic rings. The molecule has 0 aliphatic heterocycles. The predicted octanol–water partition coefficient (Wildman–Crippen LogP) is 2.09. The van der Waals surface area contributed by atoms with Gasteiger partial charge in [-0.25, -0.2) is 9.97 Å². The van der Waals surface area contributed by atoms with Crippen LogP contribution >= 0.6 is 0 Å². The maximum atomic E-state index is 4.60. The summed E-state index contributed by atoms with van der Waals surface area (Å²) in [5, 5.41) is 10.8. The third kappa shape index (κ3) is 3.26. The van der Waals surface area contributed by atoms with Gasteiger partial charge in [-0.15, -0.1) is 0 Å². The molecule has 2 aromatic heterocycles. The zero-order chi connectivity index (χ0) is 13.8. The summed E-state index contributed by atoms with van der Waals surface area (Å²) in [7, 11) is 0. The monoisotopic (exact) mass is 272 g/mol. The molecule has 0 amide bonds. The Balaban J connectivity index is 1.64. The van der Waals surface area contributed by atoms with Gasteiger partial charge < -0.3 is 10.6 Å². The molecule has 0 aromatic carbocycles. The summed E-state index contributed by atoms with van der Waals surface area (Å²) in [6.07, 6.45) is 6.17. The van der Waals surface area contributed by atoms with Gasteiger partial charge in [0, 0.05) is 37.5 Å².